The summed E-state index contributed by atoms with van der Waals surface area (Å²) in [5, 5.41) is 2.91. The lowest BCUT2D eigenvalue weighted by atomic mass is 10.1. The minimum Gasteiger partial charge on any atom is -0.497 e. The number of nitrogens with zero attached hydrogens (tertiary/aromatic N) is 2. The zero-order valence-electron chi connectivity index (χ0n) is 16.9. The molecule has 0 saturated carbocycles. The molecular weight excluding hydrogens is 366 g/mol. The van der Waals surface area contributed by atoms with E-state index in [1.165, 1.54) is 5.56 Å². The molecule has 0 aliphatic heterocycles. The highest BCUT2D eigenvalue weighted by atomic mass is 16.5. The van der Waals surface area contributed by atoms with Crippen LogP contribution in [0.15, 0.2) is 67.0 Å². The summed E-state index contributed by atoms with van der Waals surface area (Å²) < 4.78 is 10.5. The third-order valence-electron chi connectivity index (χ3n) is 4.66. The Morgan fingerprint density at radius 3 is 2.17 bits per heavy atom. The Bertz CT molecular complexity index is 921. The summed E-state index contributed by atoms with van der Waals surface area (Å²) >= 11 is 0. The summed E-state index contributed by atoms with van der Waals surface area (Å²) in [6.07, 6.45) is 4.56. The number of amides is 1. The highest BCUT2D eigenvalue weighted by Gasteiger charge is 2.11. The lowest BCUT2D eigenvalue weighted by Gasteiger charge is -2.19. The highest BCUT2D eigenvalue weighted by molar-refractivity contribution is 6.04. The van der Waals surface area contributed by atoms with Crippen LogP contribution in [0.25, 0.3) is 0 Å². The number of hydrogen-bond donors (Lipinski definition) is 1. The van der Waals surface area contributed by atoms with Crippen molar-refractivity contribution in [2.75, 3.05) is 38.0 Å². The highest BCUT2D eigenvalue weighted by Crippen LogP contribution is 2.24. The van der Waals surface area contributed by atoms with Crippen LogP contribution in [0, 0.1) is 0 Å². The molecule has 29 heavy (non-hydrogen) atoms. The molecule has 3 aromatic rings. The number of likely N-dealkylation sites (N-methyl/N-ethyl adjacent to an activating group) is 1. The van der Waals surface area contributed by atoms with E-state index in [1.54, 1.807) is 32.4 Å². The van der Waals surface area contributed by atoms with Crippen molar-refractivity contribution >= 4 is 17.3 Å². The van der Waals surface area contributed by atoms with E-state index in [2.05, 4.69) is 22.2 Å². The van der Waals surface area contributed by atoms with Gasteiger partial charge in [0.2, 0.25) is 0 Å². The van der Waals surface area contributed by atoms with Gasteiger partial charge in [-0.15, -0.1) is 0 Å². The van der Waals surface area contributed by atoms with Gasteiger partial charge in [0.25, 0.3) is 5.91 Å². The number of rotatable bonds is 8. The largest absolute Gasteiger partial charge is 0.497 e. The van der Waals surface area contributed by atoms with Crippen LogP contribution in [0.4, 0.5) is 11.4 Å². The molecule has 2 aromatic carbocycles. The molecule has 0 atom stereocenters. The summed E-state index contributed by atoms with van der Waals surface area (Å²) in [5.74, 6) is 0.919. The van der Waals surface area contributed by atoms with Crippen LogP contribution in [-0.4, -0.2) is 38.7 Å². The summed E-state index contributed by atoms with van der Waals surface area (Å²) in [7, 11) is 5.16. The fraction of sp³-hybridized carbons (Fsp3) is 0.217. The fourth-order valence-electron chi connectivity index (χ4n) is 2.92. The van der Waals surface area contributed by atoms with E-state index in [-0.39, 0.29) is 5.91 Å². The molecule has 0 radical (unpaired) electrons. The van der Waals surface area contributed by atoms with Gasteiger partial charge in [-0.1, -0.05) is 0 Å². The first-order chi connectivity index (χ1) is 14.1. The Morgan fingerprint density at radius 2 is 1.59 bits per heavy atom. The van der Waals surface area contributed by atoms with Crippen LogP contribution in [0.2, 0.25) is 0 Å². The summed E-state index contributed by atoms with van der Waals surface area (Å²) in [6.45, 7) is 0.888. The number of pyridine rings is 1. The van der Waals surface area contributed by atoms with Gasteiger partial charge >= 0.3 is 0 Å². The molecule has 1 aromatic heterocycles. The van der Waals surface area contributed by atoms with E-state index in [1.807, 2.05) is 48.8 Å². The number of carbonyl (C=O) groups excluding carboxylic acids is 1. The second-order valence-corrected chi connectivity index (χ2v) is 6.63. The van der Waals surface area contributed by atoms with Crippen LogP contribution < -0.4 is 19.7 Å². The van der Waals surface area contributed by atoms with E-state index in [0.717, 1.165) is 24.3 Å². The first-order valence-electron chi connectivity index (χ1n) is 9.33. The third-order valence-corrected chi connectivity index (χ3v) is 4.66. The molecular formula is C23H25N3O3. The number of benzene rings is 2. The molecule has 0 aliphatic carbocycles. The summed E-state index contributed by atoms with van der Waals surface area (Å²) in [6, 6.07) is 16.9. The Hall–Kier alpha value is -3.54. The number of methoxy groups -OCH3 is 2. The zero-order chi connectivity index (χ0) is 20.6. The quantitative estimate of drug-likeness (QED) is 0.628. The normalized spacial score (nSPS) is 10.3. The second-order valence-electron chi connectivity index (χ2n) is 6.63. The van der Waals surface area contributed by atoms with E-state index < -0.39 is 0 Å². The Morgan fingerprint density at radius 1 is 0.966 bits per heavy atom. The van der Waals surface area contributed by atoms with Gasteiger partial charge in [-0.3, -0.25) is 9.78 Å². The number of hydrogen-bond acceptors (Lipinski definition) is 5. The van der Waals surface area contributed by atoms with Crippen LogP contribution in [0.1, 0.15) is 15.9 Å². The standard InChI is InChI=1S/C23H25N3O3/c1-26(13-10-17-8-11-24-12-9-17)20-6-4-19(5-7-20)25-23(27)18-14-21(28-2)16-22(15-18)29-3/h4-9,11-12,14-16H,10,13H2,1-3H3,(H,25,27). The Kier molecular flexibility index (Phi) is 6.68. The van der Waals surface area contributed by atoms with E-state index >= 15 is 0 Å². The fourth-order valence-corrected chi connectivity index (χ4v) is 2.92. The maximum Gasteiger partial charge on any atom is 0.255 e. The molecule has 3 rings (SSSR count). The molecule has 150 valence electrons. The molecule has 0 aliphatic rings. The number of nitrogens with one attached hydrogen (secondary N) is 1. The van der Waals surface area contributed by atoms with Gasteiger partial charge in [0.05, 0.1) is 14.2 Å². The molecule has 0 spiro atoms. The van der Waals surface area contributed by atoms with Gasteiger partial charge in [-0.2, -0.15) is 0 Å². The minimum absolute atomic E-state index is 0.221. The second kappa shape index (κ2) is 9.59. The molecule has 0 bridgehead atoms. The van der Waals surface area contributed by atoms with Crippen molar-refractivity contribution < 1.29 is 14.3 Å². The molecule has 0 fully saturated rings. The topological polar surface area (TPSA) is 63.7 Å². The Balaban J connectivity index is 1.62. The lowest BCUT2D eigenvalue weighted by Crippen LogP contribution is -2.20. The van der Waals surface area contributed by atoms with Gasteiger partial charge in [0.15, 0.2) is 0 Å². The molecule has 0 saturated heterocycles. The van der Waals surface area contributed by atoms with Crippen molar-refractivity contribution in [2.24, 2.45) is 0 Å². The van der Waals surface area contributed by atoms with Crippen molar-refractivity contribution in [3.05, 3.63) is 78.1 Å². The number of anilines is 2. The summed E-state index contributed by atoms with van der Waals surface area (Å²) in [5.41, 5.74) is 3.53. The first kappa shape index (κ1) is 20.2. The maximum atomic E-state index is 12.6. The smallest absolute Gasteiger partial charge is 0.255 e. The monoisotopic (exact) mass is 391 g/mol. The molecule has 1 N–H and O–H groups in total. The van der Waals surface area contributed by atoms with Crippen molar-refractivity contribution in [1.29, 1.82) is 0 Å². The minimum atomic E-state index is -0.221. The zero-order valence-corrected chi connectivity index (χ0v) is 16.9. The molecule has 6 nitrogen and oxygen atoms in total. The average molecular weight is 391 g/mol. The van der Waals surface area contributed by atoms with E-state index in [9.17, 15) is 4.79 Å². The van der Waals surface area contributed by atoms with E-state index in [4.69, 9.17) is 9.47 Å². The average Bonchev–Trinajstić information content (AvgIpc) is 2.78. The third kappa shape index (κ3) is 5.48. The summed E-state index contributed by atoms with van der Waals surface area (Å²) in [4.78, 5) is 18.8. The van der Waals surface area contributed by atoms with Crippen molar-refractivity contribution in [1.82, 2.24) is 4.98 Å². The van der Waals surface area contributed by atoms with Crippen molar-refractivity contribution in [3.8, 4) is 11.5 Å². The van der Waals surface area contributed by atoms with Gasteiger partial charge in [0, 0.05) is 49.0 Å². The predicted octanol–water partition coefficient (Wildman–Crippen LogP) is 4.03. The lowest BCUT2D eigenvalue weighted by molar-refractivity contribution is 0.102. The van der Waals surface area contributed by atoms with Crippen LogP contribution in [-0.2, 0) is 6.42 Å². The maximum absolute atomic E-state index is 12.6. The SMILES string of the molecule is COc1cc(OC)cc(C(=O)Nc2ccc(N(C)CCc3ccncc3)cc2)c1. The molecule has 6 heteroatoms. The van der Waals surface area contributed by atoms with Crippen LogP contribution in [0.3, 0.4) is 0 Å². The Labute approximate surface area is 171 Å². The van der Waals surface area contributed by atoms with Gasteiger partial charge in [-0.25, -0.2) is 0 Å². The number of carbonyl (C=O) groups is 1. The number of aromatic nitrogens is 1. The van der Waals surface area contributed by atoms with Gasteiger partial charge in [-0.05, 0) is 60.5 Å². The van der Waals surface area contributed by atoms with Crippen molar-refractivity contribution in [2.45, 2.75) is 6.42 Å². The van der Waals surface area contributed by atoms with Gasteiger partial charge < -0.3 is 19.7 Å². The van der Waals surface area contributed by atoms with E-state index in [0.29, 0.717) is 17.1 Å². The van der Waals surface area contributed by atoms with Gasteiger partial charge in [0.1, 0.15) is 11.5 Å². The molecule has 1 heterocycles. The molecule has 0 unspecified atom stereocenters. The van der Waals surface area contributed by atoms with Crippen molar-refractivity contribution in [3.63, 3.8) is 0 Å². The van der Waals surface area contributed by atoms with Crippen LogP contribution in [0.5, 0.6) is 11.5 Å². The number of ether oxygens (including phenoxy) is 2. The predicted molar refractivity (Wildman–Crippen MR) is 115 cm³/mol. The first-order valence-corrected chi connectivity index (χ1v) is 9.33. The van der Waals surface area contributed by atoms with Crippen LogP contribution >= 0.6 is 0 Å². The molecule has 1 amide bonds.